The molecule has 0 aliphatic carbocycles. The Balaban J connectivity index is 1.78. The van der Waals surface area contributed by atoms with Gasteiger partial charge in [-0.3, -0.25) is 4.79 Å². The van der Waals surface area contributed by atoms with Crippen molar-refractivity contribution < 1.29 is 14.6 Å². The lowest BCUT2D eigenvalue weighted by Gasteiger charge is -2.31. The van der Waals surface area contributed by atoms with Gasteiger partial charge in [-0.15, -0.1) is 0 Å². The molecule has 0 saturated carbocycles. The summed E-state index contributed by atoms with van der Waals surface area (Å²) in [7, 11) is 4.71. The van der Waals surface area contributed by atoms with E-state index in [1.165, 1.54) is 16.4 Å². The molecule has 0 saturated heterocycles. The number of ether oxygens (including phenoxy) is 1. The van der Waals surface area contributed by atoms with Gasteiger partial charge >= 0.3 is 5.97 Å². The first-order valence-corrected chi connectivity index (χ1v) is 11.6. The van der Waals surface area contributed by atoms with Crippen molar-refractivity contribution in [1.29, 1.82) is 0 Å². The zero-order valence-corrected chi connectivity index (χ0v) is 18.4. The number of carboxylic acids is 1. The Morgan fingerprint density at radius 2 is 2.17 bits per heavy atom. The van der Waals surface area contributed by atoms with Gasteiger partial charge in [0, 0.05) is 35.9 Å². The van der Waals surface area contributed by atoms with E-state index in [2.05, 4.69) is 37.6 Å². The van der Waals surface area contributed by atoms with Crippen LogP contribution in [0, 0.1) is 0 Å². The maximum Gasteiger partial charge on any atom is 0.321 e. The van der Waals surface area contributed by atoms with Gasteiger partial charge in [0.25, 0.3) is 0 Å². The second-order valence-corrected chi connectivity index (χ2v) is 9.43. The Bertz CT molecular complexity index is 937. The highest BCUT2D eigenvalue weighted by atomic mass is 33.1. The number of fused-ring (bicyclic) bond motifs is 1. The molecular formula is C21H25N3O3S2. The average molecular weight is 432 g/mol. The third kappa shape index (κ3) is 4.71. The van der Waals surface area contributed by atoms with Crippen molar-refractivity contribution in [1.82, 2.24) is 4.90 Å². The number of amidine groups is 1. The van der Waals surface area contributed by atoms with Gasteiger partial charge in [-0.1, -0.05) is 34.2 Å². The second kappa shape index (κ2) is 9.11. The molecule has 1 unspecified atom stereocenters. The molecule has 3 N–H and O–H groups in total. The van der Waals surface area contributed by atoms with Crippen molar-refractivity contribution in [2.24, 2.45) is 10.7 Å². The number of aliphatic carboxylic acids is 1. The molecule has 2 aliphatic heterocycles. The van der Waals surface area contributed by atoms with Crippen LogP contribution in [-0.4, -0.2) is 46.5 Å². The molecule has 0 amide bonds. The smallest absolute Gasteiger partial charge is 0.321 e. The van der Waals surface area contributed by atoms with E-state index in [1.54, 1.807) is 17.9 Å². The molecule has 6 nitrogen and oxygen atoms in total. The fraction of sp³-hybridized carbons (Fsp3) is 0.333. The summed E-state index contributed by atoms with van der Waals surface area (Å²) in [5.41, 5.74) is 12.0. The van der Waals surface area contributed by atoms with Gasteiger partial charge in [-0.25, -0.2) is 4.99 Å². The SMILES string of the molecule is C=C1C(C)=CN(C2=Nc3cc(OC)ccc3C2)C(CSSCC(N)C(=O)O)=C1C. The molecule has 0 bridgehead atoms. The van der Waals surface area contributed by atoms with Crippen molar-refractivity contribution in [2.75, 3.05) is 18.6 Å². The Hall–Kier alpha value is -2.16. The molecule has 3 rings (SSSR count). The number of nitrogens with zero attached hydrogens (tertiary/aromatic N) is 2. The van der Waals surface area contributed by atoms with E-state index in [0.29, 0.717) is 11.5 Å². The van der Waals surface area contributed by atoms with Gasteiger partial charge < -0.3 is 20.5 Å². The van der Waals surface area contributed by atoms with Crippen LogP contribution in [0.2, 0.25) is 0 Å². The molecule has 8 heteroatoms. The van der Waals surface area contributed by atoms with Gasteiger partial charge in [0.05, 0.1) is 12.8 Å². The van der Waals surface area contributed by atoms with Crippen molar-refractivity contribution in [3.63, 3.8) is 0 Å². The molecule has 0 aromatic heterocycles. The maximum atomic E-state index is 10.9. The first-order valence-electron chi connectivity index (χ1n) is 9.16. The molecule has 0 fully saturated rings. The average Bonchev–Trinajstić information content (AvgIpc) is 3.13. The molecule has 2 heterocycles. The number of hydrogen-bond donors (Lipinski definition) is 2. The lowest BCUT2D eigenvalue weighted by molar-refractivity contribution is -0.137. The number of rotatable bonds is 7. The molecule has 29 heavy (non-hydrogen) atoms. The lowest BCUT2D eigenvalue weighted by Crippen LogP contribution is -2.32. The first-order chi connectivity index (χ1) is 13.8. The molecule has 154 valence electrons. The number of carbonyl (C=O) groups is 1. The predicted octanol–water partition coefficient (Wildman–Crippen LogP) is 4.12. The zero-order valence-electron chi connectivity index (χ0n) is 16.8. The fourth-order valence-corrected chi connectivity index (χ4v) is 5.36. The number of allylic oxidation sites excluding steroid dienone is 3. The van der Waals surface area contributed by atoms with Crippen LogP contribution in [0.4, 0.5) is 5.69 Å². The van der Waals surface area contributed by atoms with Crippen LogP contribution in [0.3, 0.4) is 0 Å². The molecule has 0 spiro atoms. The van der Waals surface area contributed by atoms with Gasteiger partial charge in [-0.2, -0.15) is 0 Å². The summed E-state index contributed by atoms with van der Waals surface area (Å²) in [6, 6.07) is 5.11. The zero-order chi connectivity index (χ0) is 21.1. The van der Waals surface area contributed by atoms with E-state index in [4.69, 9.17) is 20.6 Å². The summed E-state index contributed by atoms with van der Waals surface area (Å²) in [5, 5.41) is 8.94. The van der Waals surface area contributed by atoms with Crippen molar-refractivity contribution in [3.05, 3.63) is 59.0 Å². The van der Waals surface area contributed by atoms with E-state index >= 15 is 0 Å². The Kier molecular flexibility index (Phi) is 6.77. The van der Waals surface area contributed by atoms with E-state index in [0.717, 1.165) is 46.1 Å². The predicted molar refractivity (Wildman–Crippen MR) is 122 cm³/mol. The monoisotopic (exact) mass is 431 g/mol. The molecule has 2 aliphatic rings. The lowest BCUT2D eigenvalue weighted by atomic mass is 9.97. The van der Waals surface area contributed by atoms with Gasteiger partial charge in [0.2, 0.25) is 0 Å². The second-order valence-electron chi connectivity index (χ2n) is 6.92. The van der Waals surface area contributed by atoms with E-state index in [-0.39, 0.29) is 0 Å². The topological polar surface area (TPSA) is 88.1 Å². The minimum Gasteiger partial charge on any atom is -0.497 e. The normalized spacial score (nSPS) is 17.1. The third-order valence-electron chi connectivity index (χ3n) is 4.99. The highest BCUT2D eigenvalue weighted by Crippen LogP contribution is 2.38. The van der Waals surface area contributed by atoms with E-state index in [9.17, 15) is 4.79 Å². The Morgan fingerprint density at radius 1 is 1.41 bits per heavy atom. The molecule has 1 aromatic carbocycles. The van der Waals surface area contributed by atoms with Crippen LogP contribution >= 0.6 is 21.6 Å². The van der Waals surface area contributed by atoms with Crippen LogP contribution in [0.1, 0.15) is 19.4 Å². The van der Waals surface area contributed by atoms with Crippen LogP contribution in [-0.2, 0) is 11.2 Å². The molecule has 0 radical (unpaired) electrons. The summed E-state index contributed by atoms with van der Waals surface area (Å²) < 4.78 is 5.32. The number of hydrogen-bond acceptors (Lipinski definition) is 7. The van der Waals surface area contributed by atoms with Crippen molar-refractivity contribution in [3.8, 4) is 5.75 Å². The molecular weight excluding hydrogens is 406 g/mol. The summed E-state index contributed by atoms with van der Waals surface area (Å²) in [6.45, 7) is 8.33. The van der Waals surface area contributed by atoms with Crippen molar-refractivity contribution >= 4 is 39.1 Å². The summed E-state index contributed by atoms with van der Waals surface area (Å²) in [5.74, 6) is 1.83. The summed E-state index contributed by atoms with van der Waals surface area (Å²) in [4.78, 5) is 17.9. The minimum absolute atomic E-state index is 0.355. The highest BCUT2D eigenvalue weighted by Gasteiger charge is 2.27. The van der Waals surface area contributed by atoms with Crippen LogP contribution in [0.5, 0.6) is 5.75 Å². The number of benzene rings is 1. The van der Waals surface area contributed by atoms with Crippen LogP contribution in [0.25, 0.3) is 0 Å². The molecule has 1 atom stereocenters. The summed E-state index contributed by atoms with van der Waals surface area (Å²) in [6.07, 6.45) is 2.83. The fourth-order valence-electron chi connectivity index (χ4n) is 3.11. The number of carboxylic acid groups (broad SMARTS) is 1. The van der Waals surface area contributed by atoms with E-state index < -0.39 is 12.0 Å². The van der Waals surface area contributed by atoms with E-state index in [1.807, 2.05) is 12.1 Å². The quantitative estimate of drug-likeness (QED) is 0.496. The Labute approximate surface area is 179 Å². The molecule has 1 aromatic rings. The standard InChI is InChI=1S/C21H25N3O3S2/c1-12-9-24(20-7-15-5-6-16(27-4)8-18(15)23-20)19(14(3)13(12)2)11-29-28-10-17(22)21(25)26/h5-6,8-9,17H,2,7,10-11,22H2,1,3-4H3,(H,25,26). The maximum absolute atomic E-state index is 10.9. The van der Waals surface area contributed by atoms with Gasteiger partial charge in [0.1, 0.15) is 17.6 Å². The summed E-state index contributed by atoms with van der Waals surface area (Å²) >= 11 is 0. The largest absolute Gasteiger partial charge is 0.497 e. The van der Waals surface area contributed by atoms with Gasteiger partial charge in [0.15, 0.2) is 0 Å². The third-order valence-corrected chi connectivity index (χ3v) is 7.30. The highest BCUT2D eigenvalue weighted by molar-refractivity contribution is 8.76. The number of methoxy groups -OCH3 is 1. The minimum atomic E-state index is -0.978. The van der Waals surface area contributed by atoms with Crippen LogP contribution < -0.4 is 10.5 Å². The Morgan fingerprint density at radius 3 is 2.86 bits per heavy atom. The van der Waals surface area contributed by atoms with Crippen LogP contribution in [0.15, 0.2) is 58.4 Å². The van der Waals surface area contributed by atoms with Gasteiger partial charge in [-0.05, 0) is 42.2 Å². The number of nitrogens with two attached hydrogens (primary N) is 1. The first kappa shape index (κ1) is 21.5. The number of aliphatic imine (C=N–C) groups is 1. The van der Waals surface area contributed by atoms with Crippen molar-refractivity contribution in [2.45, 2.75) is 26.3 Å².